The van der Waals surface area contributed by atoms with Gasteiger partial charge in [0, 0.05) is 10.8 Å². The van der Waals surface area contributed by atoms with E-state index in [1.54, 1.807) is 11.8 Å². The largest absolute Gasteiger partial charge is 1.00 e. The van der Waals surface area contributed by atoms with E-state index >= 15 is 0 Å². The minimum Gasteiger partial charge on any atom is -1.00 e. The Kier molecular flexibility index (Phi) is 5.29. The quantitative estimate of drug-likeness (QED) is 0.623. The Hall–Kier alpha value is -0.380. The normalized spacial score (nSPS) is 14.1. The fourth-order valence-corrected chi connectivity index (χ4v) is 2.41. The van der Waals surface area contributed by atoms with Gasteiger partial charge in [0.15, 0.2) is 0 Å². The summed E-state index contributed by atoms with van der Waals surface area (Å²) in [6.45, 7) is 2.05. The average molecular weight is 263 g/mol. The molecule has 0 radical (unpaired) electrons. The number of hydrogen-bond donors (Lipinski definition) is 2. The number of halogens is 2. The zero-order chi connectivity index (χ0) is 9.80. The van der Waals surface area contributed by atoms with E-state index < -0.39 is 0 Å². The first kappa shape index (κ1) is 12.7. The summed E-state index contributed by atoms with van der Waals surface area (Å²) in [5, 5.41) is 5.25. The van der Waals surface area contributed by atoms with Crippen molar-refractivity contribution in [3.63, 3.8) is 0 Å². The Morgan fingerprint density at radius 2 is 2.33 bits per heavy atom. The topological polar surface area (TPSA) is 26.0 Å². The van der Waals surface area contributed by atoms with Crippen molar-refractivity contribution in [3.05, 3.63) is 34.9 Å². The second-order valence-electron chi connectivity index (χ2n) is 3.10. The number of nitrogens with one attached hydrogen (secondary N) is 2. The molecule has 1 heterocycles. The maximum Gasteiger partial charge on any atom is 0.304 e. The van der Waals surface area contributed by atoms with Gasteiger partial charge >= 0.3 is 5.17 Å². The molecule has 1 aromatic rings. The molecule has 82 valence electrons. The third-order valence-electron chi connectivity index (χ3n) is 1.97. The van der Waals surface area contributed by atoms with Gasteiger partial charge in [-0.05, 0) is 29.5 Å². The molecule has 2 rings (SSSR count). The van der Waals surface area contributed by atoms with Gasteiger partial charge in [-0.1, -0.05) is 23.7 Å². The number of amidine groups is 1. The molecule has 0 aromatic heterocycles. The highest BCUT2D eigenvalue weighted by Crippen LogP contribution is 2.16. The van der Waals surface area contributed by atoms with E-state index in [-0.39, 0.29) is 12.4 Å². The van der Waals surface area contributed by atoms with Crippen molar-refractivity contribution in [2.24, 2.45) is 0 Å². The first-order valence-electron chi connectivity index (χ1n) is 4.56. The summed E-state index contributed by atoms with van der Waals surface area (Å²) in [5.41, 5.74) is 1.26. The van der Waals surface area contributed by atoms with E-state index in [0.717, 1.165) is 23.9 Å². The molecule has 5 heteroatoms. The van der Waals surface area contributed by atoms with E-state index in [9.17, 15) is 0 Å². The van der Waals surface area contributed by atoms with Crippen LogP contribution in [-0.2, 0) is 5.75 Å². The molecule has 0 aliphatic carbocycles. The molecule has 0 spiro atoms. The van der Waals surface area contributed by atoms with Crippen LogP contribution in [0.15, 0.2) is 24.3 Å². The zero-order valence-electron chi connectivity index (χ0n) is 8.09. The van der Waals surface area contributed by atoms with Crippen molar-refractivity contribution in [2.75, 3.05) is 13.1 Å². The summed E-state index contributed by atoms with van der Waals surface area (Å²) in [6.07, 6.45) is 0. The predicted octanol–water partition coefficient (Wildman–Crippen LogP) is -2.38. The second-order valence-corrected chi connectivity index (χ2v) is 4.52. The average Bonchev–Trinajstić information content (AvgIpc) is 2.67. The highest BCUT2D eigenvalue weighted by atomic mass is 35.5. The maximum atomic E-state index is 5.89. The Morgan fingerprint density at radius 1 is 1.47 bits per heavy atom. The molecule has 0 amide bonds. The van der Waals surface area contributed by atoms with Crippen LogP contribution >= 0.6 is 23.4 Å². The van der Waals surface area contributed by atoms with Gasteiger partial charge < -0.3 is 12.4 Å². The SMILES string of the molecule is Clc1cccc(CSC2=[NH+]CCN2)c1.[Cl-]. The number of benzene rings is 1. The van der Waals surface area contributed by atoms with Crippen LogP contribution in [0.2, 0.25) is 5.02 Å². The van der Waals surface area contributed by atoms with Crippen LogP contribution < -0.4 is 22.7 Å². The fourth-order valence-electron chi connectivity index (χ4n) is 1.30. The smallest absolute Gasteiger partial charge is 0.304 e. The van der Waals surface area contributed by atoms with E-state index in [4.69, 9.17) is 11.6 Å². The van der Waals surface area contributed by atoms with Crippen molar-refractivity contribution in [1.82, 2.24) is 5.32 Å². The summed E-state index contributed by atoms with van der Waals surface area (Å²) in [4.78, 5) is 3.28. The van der Waals surface area contributed by atoms with E-state index in [2.05, 4.69) is 16.4 Å². The third kappa shape index (κ3) is 3.93. The molecule has 0 saturated heterocycles. The molecular weight excluding hydrogens is 251 g/mol. The van der Waals surface area contributed by atoms with Crippen molar-refractivity contribution in [2.45, 2.75) is 5.75 Å². The van der Waals surface area contributed by atoms with Gasteiger partial charge in [0.1, 0.15) is 13.1 Å². The molecule has 0 bridgehead atoms. The van der Waals surface area contributed by atoms with Crippen molar-refractivity contribution in [3.8, 4) is 0 Å². The van der Waals surface area contributed by atoms with Gasteiger partial charge in [-0.3, -0.25) is 10.3 Å². The Morgan fingerprint density at radius 3 is 3.00 bits per heavy atom. The molecule has 15 heavy (non-hydrogen) atoms. The molecular formula is C10H12Cl2N2S. The first-order valence-corrected chi connectivity index (χ1v) is 5.93. The number of hydrogen-bond acceptors (Lipinski definition) is 2. The van der Waals surface area contributed by atoms with Gasteiger partial charge in [0.25, 0.3) is 0 Å². The minimum absolute atomic E-state index is 0. The van der Waals surface area contributed by atoms with Crippen LogP contribution in [0.1, 0.15) is 5.56 Å². The van der Waals surface area contributed by atoms with Gasteiger partial charge in [0.2, 0.25) is 0 Å². The lowest BCUT2D eigenvalue weighted by atomic mass is 10.2. The van der Waals surface area contributed by atoms with E-state index in [0.29, 0.717) is 0 Å². The number of thioether (sulfide) groups is 1. The molecule has 0 fully saturated rings. The van der Waals surface area contributed by atoms with Crippen molar-refractivity contribution >= 4 is 28.5 Å². The molecule has 1 aromatic carbocycles. The molecule has 0 saturated carbocycles. The van der Waals surface area contributed by atoms with E-state index in [1.165, 1.54) is 10.7 Å². The summed E-state index contributed by atoms with van der Waals surface area (Å²) < 4.78 is 0. The highest BCUT2D eigenvalue weighted by Gasteiger charge is 2.12. The van der Waals surface area contributed by atoms with Crippen LogP contribution in [0.25, 0.3) is 0 Å². The Labute approximate surface area is 105 Å². The van der Waals surface area contributed by atoms with Crippen molar-refractivity contribution in [1.29, 1.82) is 0 Å². The summed E-state index contributed by atoms with van der Waals surface area (Å²) >= 11 is 7.67. The molecule has 1 aliphatic rings. The summed E-state index contributed by atoms with van der Waals surface area (Å²) in [5.74, 6) is 0.954. The van der Waals surface area contributed by atoms with Crippen LogP contribution in [-0.4, -0.2) is 18.3 Å². The highest BCUT2D eigenvalue weighted by molar-refractivity contribution is 8.12. The lowest BCUT2D eigenvalue weighted by Crippen LogP contribution is -3.00. The Bertz CT molecular complexity index is 355. The minimum atomic E-state index is 0. The van der Waals surface area contributed by atoms with Gasteiger partial charge in [0.05, 0.1) is 0 Å². The predicted molar refractivity (Wildman–Crippen MR) is 61.6 cm³/mol. The van der Waals surface area contributed by atoms with Crippen LogP contribution in [0.3, 0.4) is 0 Å². The monoisotopic (exact) mass is 262 g/mol. The molecule has 1 aliphatic heterocycles. The molecule has 0 atom stereocenters. The summed E-state index contributed by atoms with van der Waals surface area (Å²) in [6, 6.07) is 7.98. The molecule has 0 unspecified atom stereocenters. The lowest BCUT2D eigenvalue weighted by molar-refractivity contribution is -0.441. The zero-order valence-corrected chi connectivity index (χ0v) is 10.4. The standard InChI is InChI=1S/C10H11ClN2S.ClH/c11-9-3-1-2-8(6-9)7-14-10-12-4-5-13-10;/h1-3,6H,4-5,7H2,(H,12,13);1H. The van der Waals surface area contributed by atoms with Gasteiger partial charge in [-0.15, -0.1) is 0 Å². The lowest BCUT2D eigenvalue weighted by Gasteiger charge is -1.98. The van der Waals surface area contributed by atoms with Crippen molar-refractivity contribution < 1.29 is 17.4 Å². The second kappa shape index (κ2) is 6.26. The Balaban J connectivity index is 0.00000112. The van der Waals surface area contributed by atoms with Gasteiger partial charge in [-0.2, -0.15) is 0 Å². The fraction of sp³-hybridized carbons (Fsp3) is 0.300. The number of rotatable bonds is 2. The van der Waals surface area contributed by atoms with Crippen LogP contribution in [0.4, 0.5) is 0 Å². The van der Waals surface area contributed by atoms with Gasteiger partial charge in [-0.25, -0.2) is 0 Å². The maximum absolute atomic E-state index is 5.89. The first-order chi connectivity index (χ1) is 6.84. The molecule has 2 nitrogen and oxygen atoms in total. The van der Waals surface area contributed by atoms with E-state index in [1.807, 2.05) is 18.2 Å². The van der Waals surface area contributed by atoms with Crippen LogP contribution in [0.5, 0.6) is 0 Å². The van der Waals surface area contributed by atoms with Crippen LogP contribution in [0, 0.1) is 0 Å². The molecule has 2 N–H and O–H groups in total. The third-order valence-corrected chi connectivity index (χ3v) is 3.26. The summed E-state index contributed by atoms with van der Waals surface area (Å²) in [7, 11) is 0.